The van der Waals surface area contributed by atoms with Crippen LogP contribution in [0.25, 0.3) is 0 Å². The van der Waals surface area contributed by atoms with Gasteiger partial charge in [-0.1, -0.05) is 24.3 Å². The summed E-state index contributed by atoms with van der Waals surface area (Å²) in [6.07, 6.45) is 6.14. The standard InChI is InChI=1S/C13H18OS/c1-15-10-9-14-13-8-4-6-11-5-2-3-7-12(11)13/h2-3,5,7,13H,4,6,8-10H2,1H3. The molecule has 0 aromatic heterocycles. The SMILES string of the molecule is CSCCOC1CCCc2ccccc21. The lowest BCUT2D eigenvalue weighted by Gasteiger charge is -2.25. The van der Waals surface area contributed by atoms with Crippen LogP contribution in [0.4, 0.5) is 0 Å². The van der Waals surface area contributed by atoms with Gasteiger partial charge in [-0.2, -0.15) is 11.8 Å². The number of fused-ring (bicyclic) bond motifs is 1. The Kier molecular flexibility index (Phi) is 4.09. The van der Waals surface area contributed by atoms with Gasteiger partial charge in [-0.25, -0.2) is 0 Å². The van der Waals surface area contributed by atoms with Crippen LogP contribution in [-0.2, 0) is 11.2 Å². The maximum atomic E-state index is 5.93. The summed E-state index contributed by atoms with van der Waals surface area (Å²) in [6, 6.07) is 8.70. The van der Waals surface area contributed by atoms with Gasteiger partial charge in [0, 0.05) is 5.75 Å². The molecule has 0 heterocycles. The summed E-state index contributed by atoms with van der Waals surface area (Å²) in [4.78, 5) is 0. The summed E-state index contributed by atoms with van der Waals surface area (Å²) < 4.78 is 5.93. The van der Waals surface area contributed by atoms with Crippen molar-refractivity contribution < 1.29 is 4.74 Å². The lowest BCUT2D eigenvalue weighted by molar-refractivity contribution is 0.0519. The molecule has 0 spiro atoms. The average Bonchev–Trinajstić information content (AvgIpc) is 2.30. The van der Waals surface area contributed by atoms with E-state index in [-0.39, 0.29) is 0 Å². The molecule has 0 saturated carbocycles. The fraction of sp³-hybridized carbons (Fsp3) is 0.538. The van der Waals surface area contributed by atoms with Crippen LogP contribution in [0.2, 0.25) is 0 Å². The van der Waals surface area contributed by atoms with Gasteiger partial charge in [0.25, 0.3) is 0 Å². The molecule has 1 aliphatic carbocycles. The quantitative estimate of drug-likeness (QED) is 0.722. The maximum absolute atomic E-state index is 5.93. The predicted octanol–water partition coefficient (Wildman–Crippen LogP) is 3.44. The van der Waals surface area contributed by atoms with E-state index in [2.05, 4.69) is 30.5 Å². The smallest absolute Gasteiger partial charge is 0.0828 e. The molecule has 0 fully saturated rings. The molecule has 1 atom stereocenters. The van der Waals surface area contributed by atoms with Crippen molar-refractivity contribution in [1.29, 1.82) is 0 Å². The number of hydrogen-bond acceptors (Lipinski definition) is 2. The summed E-state index contributed by atoms with van der Waals surface area (Å²) in [7, 11) is 0. The molecule has 1 aromatic carbocycles. The molecule has 2 rings (SSSR count). The highest BCUT2D eigenvalue weighted by Crippen LogP contribution is 2.32. The van der Waals surface area contributed by atoms with Gasteiger partial charge in [-0.3, -0.25) is 0 Å². The molecule has 0 bridgehead atoms. The molecule has 0 saturated heterocycles. The van der Waals surface area contributed by atoms with Crippen molar-refractivity contribution in [1.82, 2.24) is 0 Å². The Balaban J connectivity index is 2.02. The van der Waals surface area contributed by atoms with Crippen molar-refractivity contribution in [3.63, 3.8) is 0 Å². The van der Waals surface area contributed by atoms with Crippen LogP contribution in [0.3, 0.4) is 0 Å². The van der Waals surface area contributed by atoms with Gasteiger partial charge < -0.3 is 4.74 Å². The Labute approximate surface area is 96.2 Å². The van der Waals surface area contributed by atoms with E-state index in [1.54, 1.807) is 0 Å². The number of benzene rings is 1. The molecule has 0 amide bonds. The number of thioether (sulfide) groups is 1. The summed E-state index contributed by atoms with van der Waals surface area (Å²) in [5.74, 6) is 1.10. The Morgan fingerprint density at radius 2 is 2.27 bits per heavy atom. The van der Waals surface area contributed by atoms with E-state index >= 15 is 0 Å². The molecule has 1 unspecified atom stereocenters. The first-order chi connectivity index (χ1) is 7.42. The van der Waals surface area contributed by atoms with Gasteiger partial charge in [-0.15, -0.1) is 0 Å². The van der Waals surface area contributed by atoms with Crippen LogP contribution in [0.15, 0.2) is 24.3 Å². The van der Waals surface area contributed by atoms with Crippen molar-refractivity contribution in [2.75, 3.05) is 18.6 Å². The van der Waals surface area contributed by atoms with E-state index in [9.17, 15) is 0 Å². The first kappa shape index (κ1) is 11.0. The minimum atomic E-state index is 0.349. The minimum absolute atomic E-state index is 0.349. The van der Waals surface area contributed by atoms with Gasteiger partial charge >= 0.3 is 0 Å². The van der Waals surface area contributed by atoms with Crippen LogP contribution in [-0.4, -0.2) is 18.6 Å². The molecule has 1 aliphatic rings. The highest BCUT2D eigenvalue weighted by atomic mass is 32.2. The number of rotatable bonds is 4. The van der Waals surface area contributed by atoms with Crippen molar-refractivity contribution in [3.8, 4) is 0 Å². The van der Waals surface area contributed by atoms with Crippen molar-refractivity contribution in [2.24, 2.45) is 0 Å². The normalized spacial score (nSPS) is 19.9. The second-order valence-electron chi connectivity index (χ2n) is 3.94. The lowest BCUT2D eigenvalue weighted by atomic mass is 9.89. The summed E-state index contributed by atoms with van der Waals surface area (Å²) in [5, 5.41) is 0. The average molecular weight is 222 g/mol. The largest absolute Gasteiger partial charge is 0.373 e. The van der Waals surface area contributed by atoms with Gasteiger partial charge in [0.1, 0.15) is 0 Å². The topological polar surface area (TPSA) is 9.23 Å². The van der Waals surface area contributed by atoms with Crippen molar-refractivity contribution in [2.45, 2.75) is 25.4 Å². The highest BCUT2D eigenvalue weighted by Gasteiger charge is 2.19. The van der Waals surface area contributed by atoms with Crippen LogP contribution < -0.4 is 0 Å². The van der Waals surface area contributed by atoms with Gasteiger partial charge in [0.15, 0.2) is 0 Å². The van der Waals surface area contributed by atoms with Crippen LogP contribution in [0, 0.1) is 0 Å². The summed E-state index contributed by atoms with van der Waals surface area (Å²) in [5.41, 5.74) is 2.91. The van der Waals surface area contributed by atoms with E-state index in [4.69, 9.17) is 4.74 Å². The van der Waals surface area contributed by atoms with E-state index < -0.39 is 0 Å². The van der Waals surface area contributed by atoms with Crippen molar-refractivity contribution >= 4 is 11.8 Å². The molecular weight excluding hydrogens is 204 g/mol. The fourth-order valence-corrected chi connectivity index (χ4v) is 2.42. The minimum Gasteiger partial charge on any atom is -0.373 e. The number of hydrogen-bond donors (Lipinski definition) is 0. The zero-order valence-electron chi connectivity index (χ0n) is 9.24. The Bertz CT molecular complexity index is 311. The first-order valence-corrected chi connectivity index (χ1v) is 6.99. The summed E-state index contributed by atoms with van der Waals surface area (Å²) >= 11 is 1.85. The fourth-order valence-electron chi connectivity index (χ4n) is 2.16. The molecule has 0 radical (unpaired) electrons. The van der Waals surface area contributed by atoms with Crippen LogP contribution in [0.5, 0.6) is 0 Å². The third kappa shape index (κ3) is 2.76. The highest BCUT2D eigenvalue weighted by molar-refractivity contribution is 7.98. The van der Waals surface area contributed by atoms with E-state index in [1.165, 1.54) is 30.4 Å². The van der Waals surface area contributed by atoms with Crippen molar-refractivity contribution in [3.05, 3.63) is 35.4 Å². The zero-order chi connectivity index (χ0) is 10.5. The summed E-state index contributed by atoms with van der Waals surface area (Å²) in [6.45, 7) is 0.875. The molecular formula is C13H18OS. The van der Waals surface area contributed by atoms with Crippen LogP contribution >= 0.6 is 11.8 Å². The third-order valence-electron chi connectivity index (χ3n) is 2.92. The number of aryl methyl sites for hydroxylation is 1. The monoisotopic (exact) mass is 222 g/mol. The second kappa shape index (κ2) is 5.57. The molecule has 15 heavy (non-hydrogen) atoms. The molecule has 2 heteroatoms. The van der Waals surface area contributed by atoms with E-state index in [0.717, 1.165) is 12.4 Å². The Morgan fingerprint density at radius 3 is 3.13 bits per heavy atom. The second-order valence-corrected chi connectivity index (χ2v) is 4.93. The Hall–Kier alpha value is -0.470. The van der Waals surface area contributed by atoms with Gasteiger partial charge in [-0.05, 0) is 36.6 Å². The van der Waals surface area contributed by atoms with Gasteiger partial charge in [0.2, 0.25) is 0 Å². The number of ether oxygens (including phenoxy) is 1. The lowest BCUT2D eigenvalue weighted by Crippen LogP contribution is -2.14. The molecule has 1 aromatic rings. The molecule has 0 aliphatic heterocycles. The van der Waals surface area contributed by atoms with E-state index in [0.29, 0.717) is 6.10 Å². The van der Waals surface area contributed by atoms with E-state index in [1.807, 2.05) is 11.8 Å². The molecule has 0 N–H and O–H groups in total. The predicted molar refractivity (Wildman–Crippen MR) is 66.5 cm³/mol. The van der Waals surface area contributed by atoms with Gasteiger partial charge in [0.05, 0.1) is 12.7 Å². The zero-order valence-corrected chi connectivity index (χ0v) is 10.1. The molecule has 82 valence electrons. The first-order valence-electron chi connectivity index (χ1n) is 5.60. The maximum Gasteiger partial charge on any atom is 0.0828 e. The van der Waals surface area contributed by atoms with Crippen LogP contribution in [0.1, 0.15) is 30.1 Å². The third-order valence-corrected chi connectivity index (χ3v) is 3.50. The molecule has 1 nitrogen and oxygen atoms in total. The Morgan fingerprint density at radius 1 is 1.40 bits per heavy atom.